The summed E-state index contributed by atoms with van der Waals surface area (Å²) in [5.74, 6) is -1.74. The lowest BCUT2D eigenvalue weighted by atomic mass is 10.1. The second kappa shape index (κ2) is 6.83. The van der Waals surface area contributed by atoms with E-state index in [1.807, 2.05) is 0 Å². The highest BCUT2D eigenvalue weighted by Crippen LogP contribution is 2.15. The fourth-order valence-corrected chi connectivity index (χ4v) is 1.31. The first kappa shape index (κ1) is 16.2. The normalized spacial score (nSPS) is 21.3. The minimum Gasteiger partial charge on any atom is -0.480 e. The van der Waals surface area contributed by atoms with Crippen LogP contribution >= 0.6 is 12.6 Å². The molecule has 5 N–H and O–H groups in total. The van der Waals surface area contributed by atoms with Gasteiger partial charge in [0.2, 0.25) is 0 Å². The van der Waals surface area contributed by atoms with E-state index in [-0.39, 0.29) is 6.04 Å². The summed E-state index contributed by atoms with van der Waals surface area (Å²) in [6, 6.07) is -1.17. The van der Waals surface area contributed by atoms with Crippen LogP contribution in [0.2, 0.25) is 0 Å². The van der Waals surface area contributed by atoms with Crippen molar-refractivity contribution in [2.75, 3.05) is 6.54 Å². The average molecular weight is 264 g/mol. The van der Waals surface area contributed by atoms with Crippen LogP contribution in [-0.2, 0) is 9.59 Å². The number of aliphatic carboxylic acids is 2. The molecule has 1 unspecified atom stereocenters. The van der Waals surface area contributed by atoms with Crippen LogP contribution in [0.3, 0.4) is 0 Å². The Morgan fingerprint density at radius 2 is 2.00 bits per heavy atom. The molecule has 0 aromatic heterocycles. The van der Waals surface area contributed by atoms with Gasteiger partial charge in [-0.1, -0.05) is 0 Å². The Hall–Kier alpha value is -0.790. The molecule has 1 fully saturated rings. The molecule has 6 nitrogen and oxygen atoms in total. The van der Waals surface area contributed by atoms with Crippen LogP contribution in [0.5, 0.6) is 0 Å². The second-order valence-electron chi connectivity index (χ2n) is 4.46. The van der Waals surface area contributed by atoms with E-state index in [1.165, 1.54) is 0 Å². The highest BCUT2D eigenvalue weighted by atomic mass is 32.1. The number of rotatable bonds is 3. The lowest BCUT2D eigenvalue weighted by Gasteiger charge is -2.21. The van der Waals surface area contributed by atoms with Crippen molar-refractivity contribution >= 4 is 24.6 Å². The predicted octanol–water partition coefficient (Wildman–Crippen LogP) is -0.0703. The van der Waals surface area contributed by atoms with Crippen LogP contribution in [0.4, 0.5) is 0 Å². The van der Waals surface area contributed by atoms with E-state index in [1.54, 1.807) is 13.8 Å². The third-order valence-corrected chi connectivity index (χ3v) is 2.66. The van der Waals surface area contributed by atoms with E-state index in [4.69, 9.17) is 15.9 Å². The van der Waals surface area contributed by atoms with Gasteiger partial charge in [0.15, 0.2) is 0 Å². The number of nitrogens with two attached hydrogens (primary N) is 1. The maximum Gasteiger partial charge on any atom is 0.321 e. The first-order chi connectivity index (χ1) is 7.66. The first-order valence-electron chi connectivity index (χ1n) is 5.33. The quantitative estimate of drug-likeness (QED) is 0.456. The van der Waals surface area contributed by atoms with Gasteiger partial charge in [0.05, 0.1) is 0 Å². The minimum atomic E-state index is -1.02. The Labute approximate surface area is 106 Å². The monoisotopic (exact) mass is 264 g/mol. The molecular formula is C10H20N2O4S. The standard InChI is InChI=1S/C5H11NO2S.C5H9NO2/c1-5(2,9)3(6)4(7)8;7-5(8)4-2-1-3-6-4/h3,9H,6H2,1-2H3,(H,7,8);4,6H,1-3H2,(H,7,8)/t;4-/m.0/s1. The Morgan fingerprint density at radius 1 is 1.47 bits per heavy atom. The molecule has 0 saturated carbocycles. The van der Waals surface area contributed by atoms with Crippen molar-refractivity contribution in [3.05, 3.63) is 0 Å². The lowest BCUT2D eigenvalue weighted by Crippen LogP contribution is -2.45. The number of nitrogens with one attached hydrogen (secondary N) is 1. The largest absolute Gasteiger partial charge is 0.480 e. The topological polar surface area (TPSA) is 113 Å². The Morgan fingerprint density at radius 3 is 2.12 bits per heavy atom. The third-order valence-electron chi connectivity index (χ3n) is 2.39. The maximum absolute atomic E-state index is 10.2. The number of thiol groups is 1. The molecule has 0 aliphatic carbocycles. The van der Waals surface area contributed by atoms with Gasteiger partial charge in [-0.2, -0.15) is 12.6 Å². The van der Waals surface area contributed by atoms with Gasteiger partial charge in [0, 0.05) is 4.75 Å². The molecular weight excluding hydrogens is 244 g/mol. The van der Waals surface area contributed by atoms with E-state index in [0.717, 1.165) is 19.4 Å². The molecule has 1 heterocycles. The van der Waals surface area contributed by atoms with Gasteiger partial charge in [-0.15, -0.1) is 0 Å². The van der Waals surface area contributed by atoms with E-state index in [0.29, 0.717) is 0 Å². The maximum atomic E-state index is 10.2. The van der Waals surface area contributed by atoms with Crippen molar-refractivity contribution in [2.45, 2.75) is 43.5 Å². The molecule has 0 radical (unpaired) electrons. The molecule has 0 bridgehead atoms. The zero-order valence-electron chi connectivity index (χ0n) is 10.0. The molecule has 1 aliphatic heterocycles. The van der Waals surface area contributed by atoms with E-state index < -0.39 is 22.7 Å². The van der Waals surface area contributed by atoms with E-state index >= 15 is 0 Å². The van der Waals surface area contributed by atoms with Crippen molar-refractivity contribution in [3.63, 3.8) is 0 Å². The lowest BCUT2D eigenvalue weighted by molar-refractivity contribution is -0.140. The van der Waals surface area contributed by atoms with Gasteiger partial charge < -0.3 is 21.3 Å². The number of hydrogen-bond acceptors (Lipinski definition) is 5. The molecule has 17 heavy (non-hydrogen) atoms. The van der Waals surface area contributed by atoms with Crippen molar-refractivity contribution in [3.8, 4) is 0 Å². The fraction of sp³-hybridized carbons (Fsp3) is 0.800. The molecule has 0 aromatic carbocycles. The molecule has 1 saturated heterocycles. The summed E-state index contributed by atoms with van der Waals surface area (Å²) in [4.78, 5) is 20.3. The van der Waals surface area contributed by atoms with Crippen molar-refractivity contribution in [1.82, 2.24) is 5.32 Å². The molecule has 1 rings (SSSR count). The third kappa shape index (κ3) is 6.50. The highest BCUT2D eigenvalue weighted by Gasteiger charge is 2.27. The molecule has 0 aromatic rings. The van der Waals surface area contributed by atoms with E-state index in [2.05, 4.69) is 17.9 Å². The average Bonchev–Trinajstić information content (AvgIpc) is 2.68. The zero-order chi connectivity index (χ0) is 13.6. The Balaban J connectivity index is 0.000000302. The van der Waals surface area contributed by atoms with Crippen molar-refractivity contribution in [1.29, 1.82) is 0 Å². The summed E-state index contributed by atoms with van der Waals surface area (Å²) in [5, 5.41) is 19.6. The molecule has 2 atom stereocenters. The van der Waals surface area contributed by atoms with Gasteiger partial charge >= 0.3 is 11.9 Å². The van der Waals surface area contributed by atoms with E-state index in [9.17, 15) is 9.59 Å². The number of carboxylic acid groups (broad SMARTS) is 2. The zero-order valence-corrected chi connectivity index (χ0v) is 10.9. The van der Waals surface area contributed by atoms with Crippen LogP contribution in [-0.4, -0.2) is 45.5 Å². The second-order valence-corrected chi connectivity index (χ2v) is 5.61. The van der Waals surface area contributed by atoms with Gasteiger partial charge in [-0.05, 0) is 33.2 Å². The first-order valence-corrected chi connectivity index (χ1v) is 5.78. The molecule has 1 aliphatic rings. The smallest absolute Gasteiger partial charge is 0.321 e. The van der Waals surface area contributed by atoms with Gasteiger partial charge in [-0.3, -0.25) is 9.59 Å². The summed E-state index contributed by atoms with van der Waals surface area (Å²) in [6.45, 7) is 4.18. The van der Waals surface area contributed by atoms with Crippen LogP contribution in [0.15, 0.2) is 0 Å². The van der Waals surface area contributed by atoms with Crippen LogP contribution in [0, 0.1) is 0 Å². The molecule has 0 amide bonds. The van der Waals surface area contributed by atoms with Crippen LogP contribution in [0.25, 0.3) is 0 Å². The summed E-state index contributed by atoms with van der Waals surface area (Å²) in [7, 11) is 0. The molecule has 0 spiro atoms. The SMILES string of the molecule is CC(C)(S)C(N)C(=O)O.O=C(O)[C@@H]1CCCN1. The highest BCUT2D eigenvalue weighted by molar-refractivity contribution is 7.81. The fourth-order valence-electron chi connectivity index (χ4n) is 1.20. The Bertz CT molecular complexity index is 272. The summed E-state index contributed by atoms with van der Waals surface area (Å²) >= 11 is 3.98. The minimum absolute atomic E-state index is 0.269. The number of hydrogen-bond donors (Lipinski definition) is 5. The summed E-state index contributed by atoms with van der Waals surface area (Å²) in [5.41, 5.74) is 5.22. The molecule has 100 valence electrons. The number of carboxylic acids is 2. The predicted molar refractivity (Wildman–Crippen MR) is 67.3 cm³/mol. The molecule has 7 heteroatoms. The van der Waals surface area contributed by atoms with Crippen molar-refractivity contribution in [2.24, 2.45) is 5.73 Å². The van der Waals surface area contributed by atoms with Gasteiger partial charge in [-0.25, -0.2) is 0 Å². The Kier molecular flexibility index (Phi) is 6.51. The van der Waals surface area contributed by atoms with Crippen molar-refractivity contribution < 1.29 is 19.8 Å². The summed E-state index contributed by atoms with van der Waals surface area (Å²) < 4.78 is -0.647. The number of carbonyl (C=O) groups is 2. The summed E-state index contributed by atoms with van der Waals surface area (Å²) in [6.07, 6.45) is 1.78. The van der Waals surface area contributed by atoms with Gasteiger partial charge in [0.25, 0.3) is 0 Å². The van der Waals surface area contributed by atoms with Gasteiger partial charge in [0.1, 0.15) is 12.1 Å². The van der Waals surface area contributed by atoms with Crippen LogP contribution in [0.1, 0.15) is 26.7 Å². The van der Waals surface area contributed by atoms with Crippen LogP contribution < -0.4 is 11.1 Å².